The van der Waals surface area contributed by atoms with Gasteiger partial charge in [0.05, 0.1) is 5.75 Å². The molecule has 0 radical (unpaired) electrons. The first-order valence-electron chi connectivity index (χ1n) is 12.0. The molecule has 2 aromatic rings. The fourth-order valence-electron chi connectivity index (χ4n) is 4.68. The Labute approximate surface area is 216 Å². The minimum Gasteiger partial charge on any atom is -0.303 e. The van der Waals surface area contributed by atoms with E-state index in [1.54, 1.807) is 6.07 Å². The number of carbonyl (C=O) groups excluding carboxylic acids is 1. The predicted molar refractivity (Wildman–Crippen MR) is 138 cm³/mol. The quantitative estimate of drug-likeness (QED) is 0.356. The van der Waals surface area contributed by atoms with E-state index in [0.717, 1.165) is 52.0 Å². The molecule has 2 aliphatic rings. The van der Waals surface area contributed by atoms with Crippen molar-refractivity contribution in [1.29, 1.82) is 0 Å². The van der Waals surface area contributed by atoms with Crippen molar-refractivity contribution in [3.8, 4) is 10.4 Å². The molecule has 0 unspecified atom stereocenters. The molecule has 1 amide bonds. The summed E-state index contributed by atoms with van der Waals surface area (Å²) in [5.74, 6) is -1.04. The Morgan fingerprint density at radius 2 is 1.69 bits per heavy atom. The van der Waals surface area contributed by atoms with Crippen molar-refractivity contribution in [3.63, 3.8) is 0 Å². The fourth-order valence-corrected chi connectivity index (χ4v) is 9.18. The molecule has 0 saturated carbocycles. The van der Waals surface area contributed by atoms with Crippen LogP contribution in [0.15, 0.2) is 46.7 Å². The van der Waals surface area contributed by atoms with Crippen LogP contribution >= 0.6 is 11.3 Å². The molecule has 1 aromatic heterocycles. The zero-order chi connectivity index (χ0) is 25.8. The number of nitrogens with one attached hydrogen (secondary N) is 1. The molecule has 0 bridgehead atoms. The van der Waals surface area contributed by atoms with E-state index >= 15 is 0 Å². The highest BCUT2D eigenvalue weighted by Gasteiger charge is 2.43. The number of carbonyl (C=O) groups is 1. The third-order valence-corrected chi connectivity index (χ3v) is 12.1. The third kappa shape index (κ3) is 6.15. The van der Waals surface area contributed by atoms with Crippen molar-refractivity contribution in [1.82, 2.24) is 19.0 Å². The highest BCUT2D eigenvalue weighted by Crippen LogP contribution is 2.33. The van der Waals surface area contributed by atoms with Crippen molar-refractivity contribution in [2.75, 3.05) is 45.0 Å². The molecule has 13 heteroatoms. The molecule has 1 atom stereocenters. The van der Waals surface area contributed by atoms with Gasteiger partial charge in [-0.15, -0.1) is 11.3 Å². The van der Waals surface area contributed by atoms with Crippen molar-refractivity contribution in [2.24, 2.45) is 0 Å². The standard InChI is InChI=1S/C23H32N4O6S3/c28-23(24-29)20-18-26(35(30,31)17-7-14-25-12-5-2-6-13-25)15-16-27(20)36(32,33)22-11-10-21(34-22)19-8-3-1-4-9-19/h1,3-4,8-11,20,29H,2,5-7,12-18H2,(H,24,28)/t20-/m1/s1. The number of piperidine rings is 1. The van der Waals surface area contributed by atoms with E-state index in [0.29, 0.717) is 13.0 Å². The molecule has 2 fully saturated rings. The Kier molecular flexibility index (Phi) is 8.81. The normalized spacial score (nSPS) is 20.9. The van der Waals surface area contributed by atoms with Gasteiger partial charge in [-0.2, -0.15) is 8.61 Å². The molecule has 3 heterocycles. The minimum absolute atomic E-state index is 0.0509. The lowest BCUT2D eigenvalue weighted by Gasteiger charge is -2.38. The topological polar surface area (TPSA) is 127 Å². The van der Waals surface area contributed by atoms with Gasteiger partial charge < -0.3 is 4.90 Å². The summed E-state index contributed by atoms with van der Waals surface area (Å²) in [4.78, 5) is 15.5. The summed E-state index contributed by atoms with van der Waals surface area (Å²) in [6.45, 7) is 2.04. The summed E-state index contributed by atoms with van der Waals surface area (Å²) in [5, 5.41) is 9.28. The van der Waals surface area contributed by atoms with Gasteiger partial charge in [0, 0.05) is 24.5 Å². The molecule has 0 aliphatic carbocycles. The number of hydroxylamine groups is 1. The molecular weight excluding hydrogens is 524 g/mol. The van der Waals surface area contributed by atoms with Gasteiger partial charge in [-0.3, -0.25) is 10.0 Å². The van der Waals surface area contributed by atoms with Gasteiger partial charge in [0.15, 0.2) is 0 Å². The number of likely N-dealkylation sites (tertiary alicyclic amines) is 1. The number of hydrogen-bond donors (Lipinski definition) is 2. The molecule has 2 N–H and O–H groups in total. The number of sulfonamides is 2. The Morgan fingerprint density at radius 1 is 0.972 bits per heavy atom. The van der Waals surface area contributed by atoms with Gasteiger partial charge in [-0.1, -0.05) is 36.8 Å². The van der Waals surface area contributed by atoms with Crippen LogP contribution in [-0.4, -0.2) is 92.5 Å². The second kappa shape index (κ2) is 11.7. The third-order valence-electron chi connectivity index (χ3n) is 6.63. The van der Waals surface area contributed by atoms with Gasteiger partial charge >= 0.3 is 0 Å². The van der Waals surface area contributed by atoms with Crippen molar-refractivity contribution in [2.45, 2.75) is 35.9 Å². The van der Waals surface area contributed by atoms with E-state index in [1.165, 1.54) is 22.3 Å². The summed E-state index contributed by atoms with van der Waals surface area (Å²) in [6, 6.07) is 11.1. The van der Waals surface area contributed by atoms with Crippen molar-refractivity contribution < 1.29 is 26.8 Å². The number of rotatable bonds is 9. The number of piperazine rings is 1. The number of thiophene rings is 1. The smallest absolute Gasteiger partial charge is 0.263 e. The van der Waals surface area contributed by atoms with Gasteiger partial charge in [-0.25, -0.2) is 22.3 Å². The maximum atomic E-state index is 13.5. The first-order valence-corrected chi connectivity index (χ1v) is 15.9. The summed E-state index contributed by atoms with van der Waals surface area (Å²) in [6.07, 6.45) is 3.92. The van der Waals surface area contributed by atoms with Crippen LogP contribution in [0.4, 0.5) is 0 Å². The lowest BCUT2D eigenvalue weighted by molar-refractivity contribution is -0.134. The number of benzene rings is 1. The lowest BCUT2D eigenvalue weighted by atomic mass is 10.1. The van der Waals surface area contributed by atoms with Crippen LogP contribution in [-0.2, 0) is 24.8 Å². The van der Waals surface area contributed by atoms with E-state index in [2.05, 4.69) is 4.90 Å². The van der Waals surface area contributed by atoms with E-state index in [1.807, 2.05) is 30.3 Å². The van der Waals surface area contributed by atoms with E-state index < -0.39 is 32.0 Å². The SMILES string of the molecule is O=C(NO)[C@H]1CN(S(=O)(=O)CCCN2CCCCC2)CCN1S(=O)(=O)c1ccc(-c2ccccc2)s1. The van der Waals surface area contributed by atoms with Gasteiger partial charge in [-0.05, 0) is 56.6 Å². The Morgan fingerprint density at radius 3 is 2.39 bits per heavy atom. The largest absolute Gasteiger partial charge is 0.303 e. The average molecular weight is 557 g/mol. The van der Waals surface area contributed by atoms with Crippen LogP contribution in [0.2, 0.25) is 0 Å². The molecular formula is C23H32N4O6S3. The monoisotopic (exact) mass is 556 g/mol. The number of amides is 1. The van der Waals surface area contributed by atoms with Crippen LogP contribution in [0.1, 0.15) is 25.7 Å². The molecule has 1 aromatic carbocycles. The summed E-state index contributed by atoms with van der Waals surface area (Å²) in [7, 11) is -7.80. The van der Waals surface area contributed by atoms with Crippen LogP contribution < -0.4 is 5.48 Å². The predicted octanol–water partition coefficient (Wildman–Crippen LogP) is 1.80. The Balaban J connectivity index is 1.47. The molecule has 10 nitrogen and oxygen atoms in total. The lowest BCUT2D eigenvalue weighted by Crippen LogP contribution is -2.61. The molecule has 2 aliphatic heterocycles. The maximum absolute atomic E-state index is 13.5. The minimum atomic E-state index is -4.10. The molecule has 198 valence electrons. The molecule has 0 spiro atoms. The Hall–Kier alpha value is -1.87. The van der Waals surface area contributed by atoms with Crippen molar-refractivity contribution >= 4 is 37.3 Å². The van der Waals surface area contributed by atoms with Gasteiger partial charge in [0.25, 0.3) is 15.9 Å². The zero-order valence-electron chi connectivity index (χ0n) is 20.0. The van der Waals surface area contributed by atoms with Gasteiger partial charge in [0.2, 0.25) is 10.0 Å². The zero-order valence-corrected chi connectivity index (χ0v) is 22.4. The average Bonchev–Trinajstić information content (AvgIpc) is 3.40. The maximum Gasteiger partial charge on any atom is 0.263 e. The molecule has 2 saturated heterocycles. The first-order chi connectivity index (χ1) is 17.2. The summed E-state index contributed by atoms with van der Waals surface area (Å²) < 4.78 is 55.2. The fraction of sp³-hybridized carbons (Fsp3) is 0.522. The first kappa shape index (κ1) is 27.2. The van der Waals surface area contributed by atoms with E-state index in [9.17, 15) is 26.8 Å². The highest BCUT2D eigenvalue weighted by atomic mass is 32.2. The van der Waals surface area contributed by atoms with Crippen LogP contribution in [0, 0.1) is 0 Å². The van der Waals surface area contributed by atoms with Crippen molar-refractivity contribution in [3.05, 3.63) is 42.5 Å². The van der Waals surface area contributed by atoms with E-state index in [-0.39, 0.29) is 29.6 Å². The van der Waals surface area contributed by atoms with Crippen LogP contribution in [0.3, 0.4) is 0 Å². The summed E-state index contributed by atoms with van der Waals surface area (Å²) in [5.41, 5.74) is 2.38. The van der Waals surface area contributed by atoms with Crippen LogP contribution in [0.25, 0.3) is 10.4 Å². The number of hydrogen-bond acceptors (Lipinski definition) is 8. The van der Waals surface area contributed by atoms with E-state index in [4.69, 9.17) is 0 Å². The Bertz CT molecular complexity index is 1240. The second-order valence-electron chi connectivity index (χ2n) is 9.02. The molecule has 4 rings (SSSR count). The molecule has 36 heavy (non-hydrogen) atoms. The second-order valence-corrected chi connectivity index (χ2v) is 14.3. The highest BCUT2D eigenvalue weighted by molar-refractivity contribution is 7.91. The number of nitrogens with zero attached hydrogens (tertiary/aromatic N) is 3. The van der Waals surface area contributed by atoms with Crippen LogP contribution in [0.5, 0.6) is 0 Å². The summed E-state index contributed by atoms with van der Waals surface area (Å²) >= 11 is 1.08. The van der Waals surface area contributed by atoms with Gasteiger partial charge in [0.1, 0.15) is 10.3 Å².